The van der Waals surface area contributed by atoms with E-state index in [1.165, 1.54) is 0 Å². The first-order valence-electron chi connectivity index (χ1n) is 5.79. The second-order valence-electron chi connectivity index (χ2n) is 4.37. The molecule has 19 heavy (non-hydrogen) atoms. The van der Waals surface area contributed by atoms with Crippen molar-refractivity contribution in [1.82, 2.24) is 0 Å². The lowest BCUT2D eigenvalue weighted by molar-refractivity contribution is -0.386. The topological polar surface area (TPSA) is 69.4 Å². The van der Waals surface area contributed by atoms with Crippen LogP contribution in [0.1, 0.15) is 25.7 Å². The maximum Gasteiger partial charge on any atom is 0.312 e. The summed E-state index contributed by atoms with van der Waals surface area (Å²) in [5.41, 5.74) is -0.314. The van der Waals surface area contributed by atoms with E-state index >= 15 is 0 Å². The number of halogens is 2. The minimum atomic E-state index is -0.636. The van der Waals surface area contributed by atoms with E-state index in [9.17, 15) is 19.3 Å². The highest BCUT2D eigenvalue weighted by atomic mass is 79.9. The number of rotatable bonds is 3. The number of ketones is 1. The van der Waals surface area contributed by atoms with Gasteiger partial charge in [0.2, 0.25) is 0 Å². The van der Waals surface area contributed by atoms with Crippen LogP contribution in [0.25, 0.3) is 0 Å². The number of hydrogen-bond donors (Lipinski definition) is 0. The number of carbonyl (C=O) groups excluding carboxylic acids is 1. The van der Waals surface area contributed by atoms with E-state index in [1.54, 1.807) is 0 Å². The molecule has 0 aromatic heterocycles. The molecule has 7 heteroatoms. The van der Waals surface area contributed by atoms with Gasteiger partial charge in [-0.3, -0.25) is 14.9 Å². The summed E-state index contributed by atoms with van der Waals surface area (Å²) in [6, 6.07) is 2.04. The molecule has 102 valence electrons. The van der Waals surface area contributed by atoms with Gasteiger partial charge >= 0.3 is 5.69 Å². The van der Waals surface area contributed by atoms with Gasteiger partial charge in [0.15, 0.2) is 5.75 Å². The third-order valence-electron chi connectivity index (χ3n) is 2.93. The van der Waals surface area contributed by atoms with Gasteiger partial charge in [-0.05, 0) is 28.8 Å². The van der Waals surface area contributed by atoms with Crippen molar-refractivity contribution in [2.24, 2.45) is 0 Å². The molecule has 0 spiro atoms. The number of nitrogens with zero attached hydrogens (tertiary/aromatic N) is 1. The SMILES string of the molecule is O=C1CCCC(Oc2cc(F)c(Br)cc2[N+](=O)[O-])C1. The third kappa shape index (κ3) is 3.28. The zero-order valence-electron chi connectivity index (χ0n) is 9.90. The van der Waals surface area contributed by atoms with E-state index in [1.807, 2.05) is 0 Å². The van der Waals surface area contributed by atoms with Gasteiger partial charge < -0.3 is 4.74 Å². The molecule has 1 aromatic carbocycles. The smallest absolute Gasteiger partial charge is 0.312 e. The highest BCUT2D eigenvalue weighted by Crippen LogP contribution is 2.34. The molecule has 1 aliphatic carbocycles. The zero-order chi connectivity index (χ0) is 14.0. The summed E-state index contributed by atoms with van der Waals surface area (Å²) in [4.78, 5) is 21.6. The Labute approximate surface area is 117 Å². The Kier molecular flexibility index (Phi) is 4.14. The highest BCUT2D eigenvalue weighted by Gasteiger charge is 2.25. The molecule has 0 amide bonds. The van der Waals surface area contributed by atoms with Crippen molar-refractivity contribution in [3.05, 3.63) is 32.5 Å². The van der Waals surface area contributed by atoms with Gasteiger partial charge in [-0.1, -0.05) is 0 Å². The van der Waals surface area contributed by atoms with Crippen LogP contribution in [0.2, 0.25) is 0 Å². The molecular formula is C12H11BrFNO4. The standard InChI is InChI=1S/C12H11BrFNO4/c13-9-5-11(15(17)18)12(6-10(9)14)19-8-3-1-2-7(16)4-8/h5-6,8H,1-4H2. The largest absolute Gasteiger partial charge is 0.483 e. The summed E-state index contributed by atoms with van der Waals surface area (Å²) in [6.45, 7) is 0. The first-order valence-corrected chi connectivity index (χ1v) is 6.58. The number of carbonyl (C=O) groups is 1. The van der Waals surface area contributed by atoms with Gasteiger partial charge in [0.1, 0.15) is 17.7 Å². The minimum absolute atomic E-state index is 0.00581. The molecule has 0 N–H and O–H groups in total. The predicted molar refractivity (Wildman–Crippen MR) is 68.6 cm³/mol. The summed E-state index contributed by atoms with van der Waals surface area (Å²) < 4.78 is 18.9. The van der Waals surface area contributed by atoms with Crippen LogP contribution in [-0.2, 0) is 4.79 Å². The number of Topliss-reactive ketones (excluding diaryl/α,β-unsaturated/α-hetero) is 1. The Morgan fingerprint density at radius 1 is 1.47 bits per heavy atom. The van der Waals surface area contributed by atoms with Gasteiger partial charge in [-0.15, -0.1) is 0 Å². The molecule has 0 heterocycles. The summed E-state index contributed by atoms with van der Waals surface area (Å²) in [7, 11) is 0. The average Bonchev–Trinajstić information content (AvgIpc) is 2.33. The Balaban J connectivity index is 2.25. The summed E-state index contributed by atoms with van der Waals surface area (Å²) in [6.07, 6.45) is 1.64. The fourth-order valence-electron chi connectivity index (χ4n) is 2.02. The van der Waals surface area contributed by atoms with Crippen LogP contribution in [0.3, 0.4) is 0 Å². The lowest BCUT2D eigenvalue weighted by Gasteiger charge is -2.22. The molecule has 1 unspecified atom stereocenters. The molecule has 0 bridgehead atoms. The summed E-state index contributed by atoms with van der Waals surface area (Å²) >= 11 is 2.89. The molecule has 2 rings (SSSR count). The average molecular weight is 332 g/mol. The maximum absolute atomic E-state index is 13.4. The van der Waals surface area contributed by atoms with Crippen LogP contribution < -0.4 is 4.74 Å². The maximum atomic E-state index is 13.4. The highest BCUT2D eigenvalue weighted by molar-refractivity contribution is 9.10. The van der Waals surface area contributed by atoms with E-state index < -0.39 is 16.8 Å². The summed E-state index contributed by atoms with van der Waals surface area (Å²) in [5.74, 6) is -0.704. The van der Waals surface area contributed by atoms with Crippen LogP contribution in [0, 0.1) is 15.9 Å². The molecule has 1 aliphatic rings. The number of nitro benzene ring substituents is 1. The van der Waals surface area contributed by atoms with Crippen molar-refractivity contribution in [3.63, 3.8) is 0 Å². The van der Waals surface area contributed by atoms with E-state index in [-0.39, 0.29) is 28.1 Å². The van der Waals surface area contributed by atoms with E-state index in [4.69, 9.17) is 4.74 Å². The van der Waals surface area contributed by atoms with Gasteiger partial charge in [-0.2, -0.15) is 0 Å². The monoisotopic (exact) mass is 331 g/mol. The van der Waals surface area contributed by atoms with Crippen molar-refractivity contribution in [2.45, 2.75) is 31.8 Å². The van der Waals surface area contributed by atoms with Crippen LogP contribution in [-0.4, -0.2) is 16.8 Å². The van der Waals surface area contributed by atoms with E-state index in [0.717, 1.165) is 12.1 Å². The number of ether oxygens (including phenoxy) is 1. The second kappa shape index (κ2) is 5.64. The molecule has 0 aliphatic heterocycles. The van der Waals surface area contributed by atoms with Crippen molar-refractivity contribution < 1.29 is 18.8 Å². The Hall–Kier alpha value is -1.50. The molecule has 0 radical (unpaired) electrons. The Morgan fingerprint density at radius 2 is 2.21 bits per heavy atom. The second-order valence-corrected chi connectivity index (χ2v) is 5.22. The van der Waals surface area contributed by atoms with E-state index in [2.05, 4.69) is 15.9 Å². The molecule has 1 fully saturated rings. The van der Waals surface area contributed by atoms with Crippen molar-refractivity contribution >= 4 is 27.4 Å². The quantitative estimate of drug-likeness (QED) is 0.628. The first kappa shape index (κ1) is 13.9. The van der Waals surface area contributed by atoms with Gasteiger partial charge in [0, 0.05) is 25.0 Å². The first-order chi connectivity index (χ1) is 8.97. The van der Waals surface area contributed by atoms with Crippen LogP contribution in [0.15, 0.2) is 16.6 Å². The van der Waals surface area contributed by atoms with Crippen molar-refractivity contribution in [2.75, 3.05) is 0 Å². The van der Waals surface area contributed by atoms with Gasteiger partial charge in [-0.25, -0.2) is 4.39 Å². The van der Waals surface area contributed by atoms with Crippen LogP contribution in [0.4, 0.5) is 10.1 Å². The third-order valence-corrected chi connectivity index (χ3v) is 3.54. The van der Waals surface area contributed by atoms with Gasteiger partial charge in [0.05, 0.1) is 9.40 Å². The lowest BCUT2D eigenvalue weighted by atomic mass is 9.96. The fourth-order valence-corrected chi connectivity index (χ4v) is 2.35. The lowest BCUT2D eigenvalue weighted by Crippen LogP contribution is -2.25. The molecule has 0 saturated heterocycles. The van der Waals surface area contributed by atoms with Gasteiger partial charge in [0.25, 0.3) is 0 Å². The van der Waals surface area contributed by atoms with E-state index in [0.29, 0.717) is 19.3 Å². The fraction of sp³-hybridized carbons (Fsp3) is 0.417. The Morgan fingerprint density at radius 3 is 2.84 bits per heavy atom. The molecule has 1 aromatic rings. The van der Waals surface area contributed by atoms with Crippen LogP contribution in [0.5, 0.6) is 5.75 Å². The number of hydrogen-bond acceptors (Lipinski definition) is 4. The molecular weight excluding hydrogens is 321 g/mol. The van der Waals surface area contributed by atoms with Crippen molar-refractivity contribution in [3.8, 4) is 5.75 Å². The molecule has 1 saturated carbocycles. The summed E-state index contributed by atoms with van der Waals surface area (Å²) in [5, 5.41) is 10.9. The minimum Gasteiger partial charge on any atom is -0.483 e. The van der Waals surface area contributed by atoms with Crippen LogP contribution >= 0.6 is 15.9 Å². The number of nitro groups is 1. The number of benzene rings is 1. The van der Waals surface area contributed by atoms with Crippen molar-refractivity contribution in [1.29, 1.82) is 0 Å². The Bertz CT molecular complexity index is 535. The predicted octanol–water partition coefficient (Wildman–Crippen LogP) is 3.39. The molecule has 5 nitrogen and oxygen atoms in total. The zero-order valence-corrected chi connectivity index (χ0v) is 11.5. The molecule has 1 atom stereocenters. The normalized spacial score (nSPS) is 19.3.